The molecule has 0 aromatic rings. The number of hydrogen-bond donors (Lipinski definition) is 2. The largest absolute Gasteiger partial charge is 0.394 e. The first kappa shape index (κ1) is 28.7. The zero-order valence-electron chi connectivity index (χ0n) is 17.5. The molecule has 0 heterocycles. The van der Waals surface area contributed by atoms with Crippen molar-refractivity contribution in [1.82, 2.24) is 0 Å². The predicted octanol–water partition coefficient (Wildman–Crippen LogP) is 3.35. The summed E-state index contributed by atoms with van der Waals surface area (Å²) in [5, 5.41) is 16.8. The third-order valence-electron chi connectivity index (χ3n) is 3.60. The van der Waals surface area contributed by atoms with Crippen molar-refractivity contribution < 1.29 is 29.2 Å². The highest BCUT2D eigenvalue weighted by Gasteiger charge is 1.92. The summed E-state index contributed by atoms with van der Waals surface area (Å²) in [6.45, 7) is 9.76. The molecule has 0 saturated carbocycles. The summed E-state index contributed by atoms with van der Waals surface area (Å²) in [4.78, 5) is 0. The van der Waals surface area contributed by atoms with Crippen LogP contribution < -0.4 is 0 Å². The van der Waals surface area contributed by atoms with Gasteiger partial charge in [0.2, 0.25) is 0 Å². The fourth-order valence-electron chi connectivity index (χ4n) is 2.14. The van der Waals surface area contributed by atoms with Crippen LogP contribution in [0.1, 0.15) is 58.3 Å². The molecule has 6 heteroatoms. The van der Waals surface area contributed by atoms with E-state index in [1.54, 1.807) is 0 Å². The molecule has 0 spiro atoms. The zero-order valence-corrected chi connectivity index (χ0v) is 17.5. The molecule has 0 radical (unpaired) electrons. The van der Waals surface area contributed by atoms with E-state index in [-0.39, 0.29) is 13.2 Å². The quantitative estimate of drug-likeness (QED) is 0.230. The van der Waals surface area contributed by atoms with Gasteiger partial charge in [-0.3, -0.25) is 0 Å². The van der Waals surface area contributed by atoms with Crippen molar-refractivity contribution in [3.63, 3.8) is 0 Å². The second-order valence-electron chi connectivity index (χ2n) is 6.10. The lowest BCUT2D eigenvalue weighted by molar-refractivity contribution is -0.00856. The van der Waals surface area contributed by atoms with Crippen molar-refractivity contribution in [2.24, 2.45) is 0 Å². The zero-order chi connectivity index (χ0) is 20.3. The molecule has 0 aliphatic rings. The van der Waals surface area contributed by atoms with E-state index >= 15 is 0 Å². The Kier molecular flexibility index (Phi) is 32.1. The van der Waals surface area contributed by atoms with Gasteiger partial charge in [0.15, 0.2) is 0 Å². The molecule has 0 aliphatic heterocycles. The van der Waals surface area contributed by atoms with Gasteiger partial charge in [0, 0.05) is 0 Å². The Morgan fingerprint density at radius 3 is 1.33 bits per heavy atom. The Balaban J connectivity index is 0. The Morgan fingerprint density at radius 1 is 0.593 bits per heavy atom. The van der Waals surface area contributed by atoms with E-state index in [0.29, 0.717) is 52.9 Å². The fraction of sp³-hybridized carbons (Fsp3) is 0.905. The molecule has 0 bridgehead atoms. The minimum atomic E-state index is 0.0386. The molecule has 2 N–H and O–H groups in total. The maximum atomic E-state index is 8.41. The number of unbranched alkanes of at least 4 members (excludes halogenated alkanes) is 7. The lowest BCUT2D eigenvalue weighted by Gasteiger charge is -2.06. The Morgan fingerprint density at radius 2 is 0.963 bits per heavy atom. The fourth-order valence-corrected chi connectivity index (χ4v) is 2.14. The Hall–Kier alpha value is -0.500. The lowest BCUT2D eigenvalue weighted by atomic mass is 10.1. The van der Waals surface area contributed by atoms with Crippen molar-refractivity contribution in [1.29, 1.82) is 0 Å². The summed E-state index contributed by atoms with van der Waals surface area (Å²) in [7, 11) is 0. The second kappa shape index (κ2) is 30.2. The molecule has 6 nitrogen and oxygen atoms in total. The third-order valence-corrected chi connectivity index (χ3v) is 3.60. The van der Waals surface area contributed by atoms with Gasteiger partial charge < -0.3 is 29.2 Å². The van der Waals surface area contributed by atoms with Crippen LogP contribution in [0.3, 0.4) is 0 Å². The number of rotatable bonds is 21. The summed E-state index contributed by atoms with van der Waals surface area (Å²) in [5.41, 5.74) is 0. The van der Waals surface area contributed by atoms with Gasteiger partial charge in [-0.1, -0.05) is 51.5 Å². The Labute approximate surface area is 166 Å². The van der Waals surface area contributed by atoms with Crippen molar-refractivity contribution in [2.45, 2.75) is 58.3 Å². The second-order valence-corrected chi connectivity index (χ2v) is 6.10. The topological polar surface area (TPSA) is 77.4 Å². The van der Waals surface area contributed by atoms with Gasteiger partial charge in [0.05, 0.1) is 66.1 Å². The molecule has 0 unspecified atom stereocenters. The van der Waals surface area contributed by atoms with E-state index in [2.05, 4.69) is 13.5 Å². The SMILES string of the molecule is C=CCCCCCCCCC.OCCOCCOCCOCCOCCO. The molecular formula is C21H44O6. The first-order chi connectivity index (χ1) is 13.3. The van der Waals surface area contributed by atoms with Crippen molar-refractivity contribution in [2.75, 3.05) is 66.1 Å². The van der Waals surface area contributed by atoms with E-state index in [1.165, 1.54) is 51.4 Å². The van der Waals surface area contributed by atoms with Gasteiger partial charge in [-0.05, 0) is 12.8 Å². The molecule has 164 valence electrons. The van der Waals surface area contributed by atoms with Crippen LogP contribution in [0.15, 0.2) is 12.7 Å². The van der Waals surface area contributed by atoms with Gasteiger partial charge in [-0.2, -0.15) is 0 Å². The number of ether oxygens (including phenoxy) is 4. The van der Waals surface area contributed by atoms with Crippen LogP contribution in [0.4, 0.5) is 0 Å². The first-order valence-electron chi connectivity index (χ1n) is 10.5. The van der Waals surface area contributed by atoms with E-state index in [4.69, 9.17) is 29.2 Å². The van der Waals surface area contributed by atoms with Gasteiger partial charge in [0.1, 0.15) is 0 Å². The van der Waals surface area contributed by atoms with Crippen molar-refractivity contribution >= 4 is 0 Å². The molecule has 0 aromatic heterocycles. The maximum absolute atomic E-state index is 8.41. The van der Waals surface area contributed by atoms with E-state index in [9.17, 15) is 0 Å². The monoisotopic (exact) mass is 392 g/mol. The molecule has 0 aliphatic carbocycles. The molecule has 27 heavy (non-hydrogen) atoms. The molecule has 0 atom stereocenters. The highest BCUT2D eigenvalue weighted by Crippen LogP contribution is 2.08. The van der Waals surface area contributed by atoms with Crippen LogP contribution in [-0.2, 0) is 18.9 Å². The summed E-state index contributed by atoms with van der Waals surface area (Å²) in [6, 6.07) is 0. The minimum Gasteiger partial charge on any atom is -0.394 e. The minimum absolute atomic E-state index is 0.0386. The predicted molar refractivity (Wildman–Crippen MR) is 110 cm³/mol. The number of aliphatic hydroxyl groups excluding tert-OH is 2. The van der Waals surface area contributed by atoms with Crippen LogP contribution in [0.5, 0.6) is 0 Å². The highest BCUT2D eigenvalue weighted by molar-refractivity contribution is 4.65. The van der Waals surface area contributed by atoms with E-state index < -0.39 is 0 Å². The summed E-state index contributed by atoms with van der Waals surface area (Å²) in [6.07, 6.45) is 13.0. The molecular weight excluding hydrogens is 348 g/mol. The summed E-state index contributed by atoms with van der Waals surface area (Å²) < 4.78 is 20.4. The maximum Gasteiger partial charge on any atom is 0.0701 e. The highest BCUT2D eigenvalue weighted by atomic mass is 16.6. The molecule has 0 rings (SSSR count). The standard InChI is InChI=1S/C11H22.C10H22O6/c1-3-5-7-9-11-10-8-6-4-2;11-1-3-13-5-7-15-9-10-16-8-6-14-4-2-12/h3H,1,4-11H2,2H3;11-12H,1-10H2. The van der Waals surface area contributed by atoms with Gasteiger partial charge in [0.25, 0.3) is 0 Å². The average Bonchev–Trinajstić information content (AvgIpc) is 2.69. The van der Waals surface area contributed by atoms with E-state index in [0.717, 1.165) is 0 Å². The van der Waals surface area contributed by atoms with Crippen molar-refractivity contribution in [3.8, 4) is 0 Å². The number of allylic oxidation sites excluding steroid dienone is 1. The number of aliphatic hydroxyl groups is 2. The first-order valence-corrected chi connectivity index (χ1v) is 10.5. The molecule has 0 fully saturated rings. The average molecular weight is 393 g/mol. The van der Waals surface area contributed by atoms with Crippen LogP contribution in [0, 0.1) is 0 Å². The van der Waals surface area contributed by atoms with Crippen molar-refractivity contribution in [3.05, 3.63) is 12.7 Å². The smallest absolute Gasteiger partial charge is 0.0701 e. The lowest BCUT2D eigenvalue weighted by Crippen LogP contribution is -2.13. The normalized spacial score (nSPS) is 10.5. The van der Waals surface area contributed by atoms with Crippen LogP contribution in [0.2, 0.25) is 0 Å². The van der Waals surface area contributed by atoms with Gasteiger partial charge in [-0.25, -0.2) is 0 Å². The third kappa shape index (κ3) is 33.5. The summed E-state index contributed by atoms with van der Waals surface area (Å²) in [5.74, 6) is 0. The van der Waals surface area contributed by atoms with Gasteiger partial charge >= 0.3 is 0 Å². The molecule has 0 amide bonds. The molecule has 0 saturated heterocycles. The van der Waals surface area contributed by atoms with E-state index in [1.807, 2.05) is 6.08 Å². The van der Waals surface area contributed by atoms with Crippen LogP contribution in [-0.4, -0.2) is 76.3 Å². The van der Waals surface area contributed by atoms with Crippen LogP contribution in [0.25, 0.3) is 0 Å². The summed E-state index contributed by atoms with van der Waals surface area (Å²) >= 11 is 0. The Bertz CT molecular complexity index is 237. The number of hydrogen-bond acceptors (Lipinski definition) is 6. The van der Waals surface area contributed by atoms with Crippen LogP contribution >= 0.6 is 0 Å². The molecule has 0 aromatic carbocycles. The van der Waals surface area contributed by atoms with Gasteiger partial charge in [-0.15, -0.1) is 6.58 Å².